The van der Waals surface area contributed by atoms with Gasteiger partial charge in [0.25, 0.3) is 11.8 Å². The molecule has 2 heterocycles. The highest BCUT2D eigenvalue weighted by Gasteiger charge is 2.28. The van der Waals surface area contributed by atoms with E-state index in [-0.39, 0.29) is 36.0 Å². The van der Waals surface area contributed by atoms with E-state index < -0.39 is 0 Å². The summed E-state index contributed by atoms with van der Waals surface area (Å²) in [4.78, 5) is 26.4. The first-order chi connectivity index (χ1) is 11.2. The lowest BCUT2D eigenvalue weighted by Gasteiger charge is -2.23. The highest BCUT2D eigenvalue weighted by Crippen LogP contribution is 2.21. The molecule has 3 rings (SSSR count). The molecule has 1 aliphatic rings. The second-order valence-electron chi connectivity index (χ2n) is 5.54. The standard InChI is InChI=1S/C17H19N3O3.ClH/c18-11-14-6-2-8-20(14)17(22)12-4-1-5-13(10-12)19-16(21)15-7-3-9-23-15;/h1,3-5,7,9-10,14H,2,6,8,11,18H2,(H,19,21);1H. The van der Waals surface area contributed by atoms with Gasteiger partial charge in [0.15, 0.2) is 5.76 Å². The number of anilines is 1. The van der Waals surface area contributed by atoms with Gasteiger partial charge in [-0.25, -0.2) is 0 Å². The molecule has 7 heteroatoms. The Balaban J connectivity index is 0.00000208. The number of hydrogen-bond donors (Lipinski definition) is 2. The van der Waals surface area contributed by atoms with Crippen molar-refractivity contribution in [3.05, 3.63) is 54.0 Å². The highest BCUT2D eigenvalue weighted by molar-refractivity contribution is 6.03. The number of halogens is 1. The zero-order valence-electron chi connectivity index (χ0n) is 13.1. The molecule has 1 aromatic carbocycles. The molecule has 1 fully saturated rings. The minimum Gasteiger partial charge on any atom is -0.459 e. The van der Waals surface area contributed by atoms with Crippen molar-refractivity contribution in [3.8, 4) is 0 Å². The van der Waals surface area contributed by atoms with Gasteiger partial charge in [0.05, 0.1) is 6.26 Å². The maximum Gasteiger partial charge on any atom is 0.291 e. The number of rotatable bonds is 4. The van der Waals surface area contributed by atoms with Gasteiger partial charge in [-0.3, -0.25) is 9.59 Å². The van der Waals surface area contributed by atoms with Crippen molar-refractivity contribution in [1.82, 2.24) is 4.90 Å². The maximum absolute atomic E-state index is 12.6. The van der Waals surface area contributed by atoms with Gasteiger partial charge in [-0.2, -0.15) is 0 Å². The number of nitrogens with two attached hydrogens (primary N) is 1. The lowest BCUT2D eigenvalue weighted by Crippen LogP contribution is -2.39. The van der Waals surface area contributed by atoms with Crippen LogP contribution >= 0.6 is 12.4 Å². The summed E-state index contributed by atoms with van der Waals surface area (Å²) in [5.74, 6) is -0.169. The molecule has 24 heavy (non-hydrogen) atoms. The Kier molecular flexibility index (Phi) is 6.00. The van der Waals surface area contributed by atoms with Gasteiger partial charge in [0, 0.05) is 30.4 Å². The summed E-state index contributed by atoms with van der Waals surface area (Å²) in [5.41, 5.74) is 6.83. The van der Waals surface area contributed by atoms with Gasteiger partial charge >= 0.3 is 0 Å². The van der Waals surface area contributed by atoms with Crippen molar-refractivity contribution >= 4 is 29.9 Å². The van der Waals surface area contributed by atoms with Crippen molar-refractivity contribution in [2.45, 2.75) is 18.9 Å². The van der Waals surface area contributed by atoms with Crippen molar-refractivity contribution in [2.75, 3.05) is 18.4 Å². The number of nitrogens with zero attached hydrogens (tertiary/aromatic N) is 1. The number of furan rings is 1. The third-order valence-corrected chi connectivity index (χ3v) is 4.02. The normalized spacial score (nSPS) is 16.5. The van der Waals surface area contributed by atoms with Crippen LogP contribution < -0.4 is 11.1 Å². The number of nitrogens with one attached hydrogen (secondary N) is 1. The third-order valence-electron chi connectivity index (χ3n) is 4.02. The minimum absolute atomic E-state index is 0. The lowest BCUT2D eigenvalue weighted by molar-refractivity contribution is 0.0741. The van der Waals surface area contributed by atoms with E-state index in [9.17, 15) is 9.59 Å². The molecule has 6 nitrogen and oxygen atoms in total. The molecule has 1 aliphatic heterocycles. The second-order valence-corrected chi connectivity index (χ2v) is 5.54. The third kappa shape index (κ3) is 3.77. The fourth-order valence-electron chi connectivity index (χ4n) is 2.84. The molecule has 0 spiro atoms. The number of hydrogen-bond acceptors (Lipinski definition) is 4. The van der Waals surface area contributed by atoms with E-state index in [1.54, 1.807) is 36.4 Å². The van der Waals surface area contributed by atoms with E-state index in [1.165, 1.54) is 6.26 Å². The Bertz CT molecular complexity index is 703. The molecule has 2 amide bonds. The Labute approximate surface area is 146 Å². The van der Waals surface area contributed by atoms with Crippen LogP contribution in [-0.2, 0) is 0 Å². The number of carbonyl (C=O) groups excluding carboxylic acids is 2. The highest BCUT2D eigenvalue weighted by atomic mass is 35.5. The first kappa shape index (κ1) is 18.0. The molecule has 128 valence electrons. The van der Waals surface area contributed by atoms with Crippen LogP contribution in [0.5, 0.6) is 0 Å². The van der Waals surface area contributed by atoms with E-state index in [0.717, 1.165) is 19.4 Å². The molecule has 0 saturated carbocycles. The van der Waals surface area contributed by atoms with Crippen LogP contribution in [0.2, 0.25) is 0 Å². The van der Waals surface area contributed by atoms with Crippen LogP contribution in [0.3, 0.4) is 0 Å². The summed E-state index contributed by atoms with van der Waals surface area (Å²) in [6.45, 7) is 1.20. The Hall–Kier alpha value is -2.31. The van der Waals surface area contributed by atoms with Crippen LogP contribution in [0.1, 0.15) is 33.8 Å². The lowest BCUT2D eigenvalue weighted by atomic mass is 10.1. The summed E-state index contributed by atoms with van der Waals surface area (Å²) >= 11 is 0. The quantitative estimate of drug-likeness (QED) is 0.887. The van der Waals surface area contributed by atoms with Crippen molar-refractivity contribution in [3.63, 3.8) is 0 Å². The molecule has 0 aliphatic carbocycles. The smallest absolute Gasteiger partial charge is 0.291 e. The molecular weight excluding hydrogens is 330 g/mol. The molecule has 1 aromatic heterocycles. The fourth-order valence-corrected chi connectivity index (χ4v) is 2.84. The van der Waals surface area contributed by atoms with Gasteiger partial charge < -0.3 is 20.4 Å². The SMILES string of the molecule is Cl.NCC1CCCN1C(=O)c1cccc(NC(=O)c2ccco2)c1. The molecule has 1 atom stereocenters. The molecular formula is C17H20ClN3O3. The fraction of sp³-hybridized carbons (Fsp3) is 0.294. The molecule has 1 unspecified atom stereocenters. The Morgan fingerprint density at radius 2 is 2.12 bits per heavy atom. The van der Waals surface area contributed by atoms with Crippen LogP contribution in [0.15, 0.2) is 47.1 Å². The zero-order valence-corrected chi connectivity index (χ0v) is 13.9. The largest absolute Gasteiger partial charge is 0.459 e. The first-order valence-electron chi connectivity index (χ1n) is 7.65. The van der Waals surface area contributed by atoms with E-state index in [2.05, 4.69) is 5.32 Å². The maximum atomic E-state index is 12.6. The van der Waals surface area contributed by atoms with Crippen molar-refractivity contribution in [1.29, 1.82) is 0 Å². The van der Waals surface area contributed by atoms with Gasteiger partial charge in [0.2, 0.25) is 0 Å². The summed E-state index contributed by atoms with van der Waals surface area (Å²) in [7, 11) is 0. The summed E-state index contributed by atoms with van der Waals surface area (Å²) in [5, 5.41) is 2.73. The van der Waals surface area contributed by atoms with Crippen molar-refractivity contribution in [2.24, 2.45) is 5.73 Å². The monoisotopic (exact) mass is 349 g/mol. The topological polar surface area (TPSA) is 88.6 Å². The Morgan fingerprint density at radius 1 is 1.29 bits per heavy atom. The molecule has 0 radical (unpaired) electrons. The zero-order chi connectivity index (χ0) is 16.2. The average Bonchev–Trinajstić information content (AvgIpc) is 3.25. The van der Waals surface area contributed by atoms with Gasteiger partial charge in [-0.05, 0) is 43.2 Å². The first-order valence-corrected chi connectivity index (χ1v) is 7.65. The minimum atomic E-state index is -0.347. The van der Waals surface area contributed by atoms with Gasteiger partial charge in [-0.15, -0.1) is 12.4 Å². The van der Waals surface area contributed by atoms with Crippen molar-refractivity contribution < 1.29 is 14.0 Å². The van der Waals surface area contributed by atoms with Crippen LogP contribution in [0.25, 0.3) is 0 Å². The Morgan fingerprint density at radius 3 is 2.83 bits per heavy atom. The molecule has 0 bridgehead atoms. The van der Waals surface area contributed by atoms with Crippen LogP contribution in [0.4, 0.5) is 5.69 Å². The summed E-state index contributed by atoms with van der Waals surface area (Å²) in [6, 6.07) is 10.2. The molecule has 3 N–H and O–H groups in total. The van der Waals surface area contributed by atoms with Gasteiger partial charge in [-0.1, -0.05) is 6.07 Å². The summed E-state index contributed by atoms with van der Waals surface area (Å²) in [6.07, 6.45) is 3.36. The predicted molar refractivity (Wildman–Crippen MR) is 93.5 cm³/mol. The average molecular weight is 350 g/mol. The molecule has 1 saturated heterocycles. The van der Waals surface area contributed by atoms with Crippen LogP contribution in [0, 0.1) is 0 Å². The van der Waals surface area contributed by atoms with Gasteiger partial charge in [0.1, 0.15) is 0 Å². The predicted octanol–water partition coefficient (Wildman–Crippen LogP) is 2.52. The second kappa shape index (κ2) is 7.99. The number of amides is 2. The number of likely N-dealkylation sites (tertiary alicyclic amines) is 1. The number of carbonyl (C=O) groups is 2. The molecule has 2 aromatic rings. The van der Waals surface area contributed by atoms with E-state index in [0.29, 0.717) is 17.8 Å². The van der Waals surface area contributed by atoms with E-state index in [4.69, 9.17) is 10.2 Å². The number of benzene rings is 1. The van der Waals surface area contributed by atoms with E-state index in [1.807, 2.05) is 4.90 Å². The summed E-state index contributed by atoms with van der Waals surface area (Å²) < 4.78 is 5.05. The van der Waals surface area contributed by atoms with E-state index >= 15 is 0 Å². The van der Waals surface area contributed by atoms with Crippen LogP contribution in [-0.4, -0.2) is 35.8 Å².